The van der Waals surface area contributed by atoms with E-state index in [1.807, 2.05) is 6.07 Å². The van der Waals surface area contributed by atoms with E-state index in [2.05, 4.69) is 0 Å². The van der Waals surface area contributed by atoms with Crippen molar-refractivity contribution in [1.82, 2.24) is 0 Å². The highest BCUT2D eigenvalue weighted by molar-refractivity contribution is 4.67. The molecule has 40 valence electrons. The zero-order valence-corrected chi connectivity index (χ0v) is 4.22. The summed E-state index contributed by atoms with van der Waals surface area (Å²) >= 11 is 0. The van der Waals surface area contributed by atoms with Gasteiger partial charge in [-0.25, -0.2) is 0 Å². The summed E-state index contributed by atoms with van der Waals surface area (Å²) in [6.07, 6.45) is 2.15. The van der Waals surface area contributed by atoms with Gasteiger partial charge in [0.25, 0.3) is 0 Å². The van der Waals surface area contributed by atoms with Gasteiger partial charge in [0.2, 0.25) is 0 Å². The smallest absolute Gasteiger partial charge is 0.0621 e. The Morgan fingerprint density at radius 1 is 1.43 bits per heavy atom. The second-order valence-corrected chi connectivity index (χ2v) is 1.34. The minimum absolute atomic E-state index is 0.210. The highest BCUT2D eigenvalue weighted by Gasteiger charge is 1.80. The largest absolute Gasteiger partial charge is 0.396 e. The number of unbranched alkanes of at least 4 members (excludes halogenated alkanes) is 2. The molecule has 0 atom stereocenters. The lowest BCUT2D eigenvalue weighted by molar-refractivity contribution is 0.285. The molecule has 0 bridgehead atoms. The first-order valence-corrected chi connectivity index (χ1v) is 2.39. The Kier molecular flexibility index (Phi) is 5.02. The Balaban J connectivity index is 2.60. The van der Waals surface area contributed by atoms with Gasteiger partial charge in [0, 0.05) is 13.0 Å². The van der Waals surface area contributed by atoms with Crippen molar-refractivity contribution in [2.45, 2.75) is 19.3 Å². The molecule has 0 aromatic rings. The third-order valence-electron chi connectivity index (χ3n) is 0.697. The fraction of sp³-hybridized carbons (Fsp3) is 0.800. The molecule has 0 amide bonds. The molecule has 0 saturated carbocycles. The molecular formula is C5H9NO. The summed E-state index contributed by atoms with van der Waals surface area (Å²) in [5.41, 5.74) is 0. The normalized spacial score (nSPS) is 8.00. The quantitative estimate of drug-likeness (QED) is 0.528. The summed E-state index contributed by atoms with van der Waals surface area (Å²) in [6.45, 7) is 0.210. The Morgan fingerprint density at radius 3 is 2.57 bits per heavy atom. The summed E-state index contributed by atoms with van der Waals surface area (Å²) in [6, 6.07) is 1.99. The van der Waals surface area contributed by atoms with Crippen LogP contribution in [0.4, 0.5) is 0 Å². The second kappa shape index (κ2) is 5.45. The van der Waals surface area contributed by atoms with Crippen molar-refractivity contribution in [3.8, 4) is 6.07 Å². The maximum absolute atomic E-state index is 8.18. The monoisotopic (exact) mass is 99.1 g/mol. The Morgan fingerprint density at radius 2 is 2.14 bits per heavy atom. The van der Waals surface area contributed by atoms with Crippen molar-refractivity contribution >= 4 is 0 Å². The van der Waals surface area contributed by atoms with Gasteiger partial charge in [-0.2, -0.15) is 5.26 Å². The molecule has 0 aliphatic rings. The highest BCUT2D eigenvalue weighted by atomic mass is 16.2. The number of nitriles is 1. The lowest BCUT2D eigenvalue weighted by atomic mass is 10.3. The molecule has 2 nitrogen and oxygen atoms in total. The zero-order chi connectivity index (χ0) is 5.54. The van der Waals surface area contributed by atoms with Gasteiger partial charge in [-0.1, -0.05) is 0 Å². The molecule has 0 radical (unpaired) electrons. The molecule has 0 unspecified atom stereocenters. The number of aliphatic hydroxyl groups excluding tert-OH is 1. The summed E-state index contributed by atoms with van der Waals surface area (Å²) in [7, 11) is 0. The minimum atomic E-state index is 0.210. The van der Waals surface area contributed by atoms with Crippen molar-refractivity contribution in [3.63, 3.8) is 0 Å². The number of rotatable bonds is 3. The van der Waals surface area contributed by atoms with Crippen LogP contribution >= 0.6 is 0 Å². The van der Waals surface area contributed by atoms with Crippen LogP contribution in [0.3, 0.4) is 0 Å². The first-order chi connectivity index (χ1) is 3.41. The molecule has 2 heteroatoms. The van der Waals surface area contributed by atoms with E-state index in [1.54, 1.807) is 0 Å². The molecule has 0 aliphatic heterocycles. The van der Waals surface area contributed by atoms with Crippen LogP contribution < -0.4 is 0 Å². The Labute approximate surface area is 43.4 Å². The third kappa shape index (κ3) is 5.45. The molecule has 0 rings (SSSR count). The van der Waals surface area contributed by atoms with E-state index >= 15 is 0 Å². The van der Waals surface area contributed by atoms with Crippen LogP contribution in [-0.2, 0) is 0 Å². The fourth-order valence-electron chi connectivity index (χ4n) is 0.316. The van der Waals surface area contributed by atoms with Crippen LogP contribution in [0.2, 0.25) is 0 Å². The predicted molar refractivity (Wildman–Crippen MR) is 26.5 cm³/mol. The average molecular weight is 99.1 g/mol. The van der Waals surface area contributed by atoms with Crippen LogP contribution in [0.5, 0.6) is 0 Å². The fourth-order valence-corrected chi connectivity index (χ4v) is 0.316. The molecular weight excluding hydrogens is 90.1 g/mol. The van der Waals surface area contributed by atoms with Gasteiger partial charge in [0.1, 0.15) is 0 Å². The summed E-state index contributed by atoms with van der Waals surface area (Å²) < 4.78 is 0. The topological polar surface area (TPSA) is 44.0 Å². The summed E-state index contributed by atoms with van der Waals surface area (Å²) in [4.78, 5) is 0. The van der Waals surface area contributed by atoms with E-state index in [9.17, 15) is 0 Å². The Hall–Kier alpha value is -0.550. The summed E-state index contributed by atoms with van der Waals surface area (Å²) in [5, 5.41) is 16.1. The zero-order valence-electron chi connectivity index (χ0n) is 4.22. The van der Waals surface area contributed by atoms with E-state index in [0.29, 0.717) is 6.42 Å². The van der Waals surface area contributed by atoms with Crippen molar-refractivity contribution in [1.29, 1.82) is 5.26 Å². The summed E-state index contributed by atoms with van der Waals surface area (Å²) in [5.74, 6) is 0. The average Bonchev–Trinajstić information content (AvgIpc) is 1.69. The maximum atomic E-state index is 8.18. The Bertz CT molecular complexity index is 65.0. The van der Waals surface area contributed by atoms with Crippen molar-refractivity contribution in [2.24, 2.45) is 0 Å². The molecule has 1 N–H and O–H groups in total. The van der Waals surface area contributed by atoms with Crippen LogP contribution in [-0.4, -0.2) is 11.7 Å². The number of hydrogen-bond donors (Lipinski definition) is 1. The molecule has 0 spiro atoms. The molecule has 0 aliphatic carbocycles. The van der Waals surface area contributed by atoms with Crippen molar-refractivity contribution in [3.05, 3.63) is 0 Å². The van der Waals surface area contributed by atoms with Crippen LogP contribution in [0, 0.1) is 11.3 Å². The van der Waals surface area contributed by atoms with Crippen LogP contribution in [0.25, 0.3) is 0 Å². The van der Waals surface area contributed by atoms with E-state index < -0.39 is 0 Å². The molecule has 0 aromatic heterocycles. The van der Waals surface area contributed by atoms with E-state index in [1.165, 1.54) is 0 Å². The molecule has 0 saturated heterocycles. The molecule has 7 heavy (non-hydrogen) atoms. The van der Waals surface area contributed by atoms with Gasteiger partial charge in [-0.05, 0) is 12.8 Å². The second-order valence-electron chi connectivity index (χ2n) is 1.34. The van der Waals surface area contributed by atoms with Crippen molar-refractivity contribution < 1.29 is 5.11 Å². The van der Waals surface area contributed by atoms with Gasteiger partial charge < -0.3 is 5.11 Å². The van der Waals surface area contributed by atoms with E-state index in [0.717, 1.165) is 12.8 Å². The molecule has 0 heterocycles. The van der Waals surface area contributed by atoms with Gasteiger partial charge in [0.05, 0.1) is 6.07 Å². The first kappa shape index (κ1) is 6.45. The van der Waals surface area contributed by atoms with Crippen LogP contribution in [0.1, 0.15) is 19.3 Å². The SMILES string of the molecule is N#CCCCCO. The molecule has 0 aromatic carbocycles. The van der Waals surface area contributed by atoms with Gasteiger partial charge in [-0.3, -0.25) is 0 Å². The molecule has 0 fully saturated rings. The van der Waals surface area contributed by atoms with E-state index in [4.69, 9.17) is 10.4 Å². The van der Waals surface area contributed by atoms with Gasteiger partial charge in [0.15, 0.2) is 0 Å². The standard InChI is InChI=1S/C5H9NO/c6-4-2-1-3-5-7/h7H,1-3,5H2. The number of nitrogens with zero attached hydrogens (tertiary/aromatic N) is 1. The maximum Gasteiger partial charge on any atom is 0.0621 e. The predicted octanol–water partition coefficient (Wildman–Crippen LogP) is 0.673. The first-order valence-electron chi connectivity index (χ1n) is 2.39. The third-order valence-corrected chi connectivity index (χ3v) is 0.697. The number of hydrogen-bond acceptors (Lipinski definition) is 2. The van der Waals surface area contributed by atoms with Gasteiger partial charge in [-0.15, -0.1) is 0 Å². The van der Waals surface area contributed by atoms with Crippen molar-refractivity contribution in [2.75, 3.05) is 6.61 Å². The van der Waals surface area contributed by atoms with Gasteiger partial charge >= 0.3 is 0 Å². The lowest BCUT2D eigenvalue weighted by Crippen LogP contribution is -1.79. The number of aliphatic hydroxyl groups is 1. The minimum Gasteiger partial charge on any atom is -0.396 e. The van der Waals surface area contributed by atoms with Crippen LogP contribution in [0.15, 0.2) is 0 Å². The van der Waals surface area contributed by atoms with E-state index in [-0.39, 0.29) is 6.61 Å². The highest BCUT2D eigenvalue weighted by Crippen LogP contribution is 1.89. The lowest BCUT2D eigenvalue weighted by Gasteiger charge is -1.84.